The summed E-state index contributed by atoms with van der Waals surface area (Å²) < 4.78 is 5.79. The first-order chi connectivity index (χ1) is 12.2. The molecule has 1 N–H and O–H groups in total. The van der Waals surface area contributed by atoms with Crippen LogP contribution in [0.1, 0.15) is 27.0 Å². The Kier molecular flexibility index (Phi) is 5.36. The lowest BCUT2D eigenvalue weighted by Gasteiger charge is -2.00. The molecule has 7 nitrogen and oxygen atoms in total. The standard InChI is InChI=1S/C16H13N3O4S2/c1-2-22-14(20)10-5-6-11-13(8-10)25-16(19-11)17-9-18-23-15(21)12-4-3-7-24-12/h3-9H,2H2,1H3,(H,17,18,19). The number of fused-ring (bicyclic) bond motifs is 1. The molecule has 0 spiro atoms. The smallest absolute Gasteiger partial charge is 0.372 e. The Morgan fingerprint density at radius 3 is 2.96 bits per heavy atom. The van der Waals surface area contributed by atoms with E-state index < -0.39 is 5.97 Å². The second kappa shape index (κ2) is 7.86. The lowest BCUT2D eigenvalue weighted by atomic mass is 10.2. The van der Waals surface area contributed by atoms with Gasteiger partial charge in [0.05, 0.1) is 22.4 Å². The molecular formula is C16H13N3O4S2. The highest BCUT2D eigenvalue weighted by Crippen LogP contribution is 2.28. The maximum atomic E-state index is 11.7. The predicted molar refractivity (Wildman–Crippen MR) is 96.6 cm³/mol. The lowest BCUT2D eigenvalue weighted by Crippen LogP contribution is -2.17. The Morgan fingerprint density at radius 1 is 1.32 bits per heavy atom. The molecule has 1 aromatic carbocycles. The van der Waals surface area contributed by atoms with E-state index in [-0.39, 0.29) is 5.97 Å². The zero-order chi connectivity index (χ0) is 17.6. The number of thiophene rings is 1. The van der Waals surface area contributed by atoms with Crippen molar-refractivity contribution in [3.8, 4) is 0 Å². The number of hydrogen-bond donors (Lipinski definition) is 1. The molecule has 0 atom stereocenters. The largest absolute Gasteiger partial charge is 0.462 e. The average molecular weight is 375 g/mol. The van der Waals surface area contributed by atoms with E-state index >= 15 is 0 Å². The first-order valence-electron chi connectivity index (χ1n) is 7.28. The Bertz CT molecular complexity index is 919. The molecule has 128 valence electrons. The molecule has 0 amide bonds. The molecule has 2 aromatic heterocycles. The molecule has 0 aliphatic heterocycles. The van der Waals surface area contributed by atoms with Crippen LogP contribution in [0.3, 0.4) is 0 Å². The summed E-state index contributed by atoms with van der Waals surface area (Å²) >= 11 is 2.60. The number of esters is 1. The Labute approximate surface area is 150 Å². The van der Waals surface area contributed by atoms with E-state index in [0.29, 0.717) is 22.2 Å². The summed E-state index contributed by atoms with van der Waals surface area (Å²) in [7, 11) is 0. The highest BCUT2D eigenvalue weighted by molar-refractivity contribution is 7.22. The molecule has 3 aromatic rings. The van der Waals surface area contributed by atoms with E-state index in [1.54, 1.807) is 42.6 Å². The monoisotopic (exact) mass is 375 g/mol. The van der Waals surface area contributed by atoms with Crippen molar-refractivity contribution in [2.45, 2.75) is 6.92 Å². The number of rotatable bonds is 6. The number of hydroxylamine groups is 1. The molecule has 0 unspecified atom stereocenters. The maximum Gasteiger partial charge on any atom is 0.372 e. The SMILES string of the molecule is CCOC(=O)c1ccc2nc(/N=C/NOC(=O)c3cccs3)sc2c1. The molecule has 0 saturated carbocycles. The molecule has 0 aliphatic rings. The van der Waals surface area contributed by atoms with Crippen LogP contribution in [0.4, 0.5) is 5.13 Å². The normalized spacial score (nSPS) is 10.9. The summed E-state index contributed by atoms with van der Waals surface area (Å²) in [6.07, 6.45) is 1.25. The molecular weight excluding hydrogens is 362 g/mol. The third-order valence-electron chi connectivity index (χ3n) is 2.99. The third kappa shape index (κ3) is 4.20. The second-order valence-corrected chi connectivity index (χ2v) is 6.60. The molecule has 0 saturated heterocycles. The average Bonchev–Trinajstić information content (AvgIpc) is 3.27. The van der Waals surface area contributed by atoms with E-state index in [4.69, 9.17) is 9.57 Å². The van der Waals surface area contributed by atoms with Crippen LogP contribution in [0.25, 0.3) is 10.2 Å². The topological polar surface area (TPSA) is 89.9 Å². The number of aliphatic imine (C=N–C) groups is 1. The van der Waals surface area contributed by atoms with Crippen molar-refractivity contribution in [2.75, 3.05) is 6.61 Å². The minimum atomic E-state index is -0.482. The fraction of sp³-hybridized carbons (Fsp3) is 0.125. The number of ether oxygens (including phenoxy) is 1. The molecule has 25 heavy (non-hydrogen) atoms. The van der Waals surface area contributed by atoms with Crippen LogP contribution in [0.2, 0.25) is 0 Å². The number of carbonyl (C=O) groups is 2. The Balaban J connectivity index is 1.63. The number of benzene rings is 1. The number of hydrogen-bond acceptors (Lipinski definition) is 8. The van der Waals surface area contributed by atoms with E-state index in [1.165, 1.54) is 29.0 Å². The zero-order valence-electron chi connectivity index (χ0n) is 13.1. The van der Waals surface area contributed by atoms with Crippen LogP contribution in [0, 0.1) is 0 Å². The summed E-state index contributed by atoms with van der Waals surface area (Å²) in [6, 6.07) is 8.55. The van der Waals surface area contributed by atoms with Gasteiger partial charge in [-0.1, -0.05) is 17.4 Å². The maximum absolute atomic E-state index is 11.7. The van der Waals surface area contributed by atoms with Crippen LogP contribution in [-0.2, 0) is 9.57 Å². The molecule has 0 fully saturated rings. The second-order valence-electron chi connectivity index (χ2n) is 4.64. The van der Waals surface area contributed by atoms with Crippen LogP contribution in [0.5, 0.6) is 0 Å². The zero-order valence-corrected chi connectivity index (χ0v) is 14.7. The van der Waals surface area contributed by atoms with Gasteiger partial charge in [0.2, 0.25) is 5.13 Å². The van der Waals surface area contributed by atoms with Crippen molar-refractivity contribution in [1.82, 2.24) is 10.5 Å². The van der Waals surface area contributed by atoms with Crippen molar-refractivity contribution in [2.24, 2.45) is 4.99 Å². The van der Waals surface area contributed by atoms with E-state index in [0.717, 1.165) is 10.2 Å². The van der Waals surface area contributed by atoms with Gasteiger partial charge in [0.1, 0.15) is 11.2 Å². The molecule has 0 aliphatic carbocycles. The van der Waals surface area contributed by atoms with Crippen molar-refractivity contribution in [1.29, 1.82) is 0 Å². The summed E-state index contributed by atoms with van der Waals surface area (Å²) in [5, 5.41) is 2.26. The first-order valence-corrected chi connectivity index (χ1v) is 8.97. The van der Waals surface area contributed by atoms with Gasteiger partial charge in [-0.25, -0.2) is 25.0 Å². The molecule has 0 bridgehead atoms. The highest BCUT2D eigenvalue weighted by Gasteiger charge is 2.10. The van der Waals surface area contributed by atoms with E-state index in [2.05, 4.69) is 15.5 Å². The fourth-order valence-corrected chi connectivity index (χ4v) is 3.36. The van der Waals surface area contributed by atoms with Crippen LogP contribution >= 0.6 is 22.7 Å². The van der Waals surface area contributed by atoms with Gasteiger partial charge in [0.25, 0.3) is 0 Å². The van der Waals surface area contributed by atoms with E-state index in [1.807, 2.05) is 0 Å². The van der Waals surface area contributed by atoms with Gasteiger partial charge in [0, 0.05) is 0 Å². The predicted octanol–water partition coefficient (Wildman–Crippen LogP) is 3.56. The molecule has 0 radical (unpaired) electrons. The molecule has 2 heterocycles. The van der Waals surface area contributed by atoms with Gasteiger partial charge in [-0.15, -0.1) is 11.3 Å². The number of nitrogens with zero attached hydrogens (tertiary/aromatic N) is 2. The summed E-state index contributed by atoms with van der Waals surface area (Å²) in [5.41, 5.74) is 3.56. The first kappa shape index (κ1) is 17.1. The van der Waals surface area contributed by atoms with Crippen LogP contribution in [0.15, 0.2) is 40.7 Å². The van der Waals surface area contributed by atoms with Gasteiger partial charge >= 0.3 is 11.9 Å². The third-order valence-corrected chi connectivity index (χ3v) is 4.77. The molecule has 3 rings (SSSR count). The van der Waals surface area contributed by atoms with Gasteiger partial charge in [-0.2, -0.15) is 0 Å². The number of carbonyl (C=O) groups excluding carboxylic acids is 2. The molecule has 9 heteroatoms. The van der Waals surface area contributed by atoms with Crippen molar-refractivity contribution in [3.05, 3.63) is 46.2 Å². The minimum absolute atomic E-state index is 0.324. The minimum Gasteiger partial charge on any atom is -0.462 e. The summed E-state index contributed by atoms with van der Waals surface area (Å²) in [4.78, 5) is 37.1. The van der Waals surface area contributed by atoms with Gasteiger partial charge in [-0.05, 0) is 36.6 Å². The number of aromatic nitrogens is 1. The van der Waals surface area contributed by atoms with Crippen LogP contribution < -0.4 is 5.48 Å². The van der Waals surface area contributed by atoms with Gasteiger partial charge in [0.15, 0.2) is 0 Å². The van der Waals surface area contributed by atoms with Gasteiger partial charge in [-0.3, -0.25) is 0 Å². The number of thiazole rings is 1. The van der Waals surface area contributed by atoms with Crippen molar-refractivity contribution < 1.29 is 19.2 Å². The quantitative estimate of drug-likeness (QED) is 0.307. The Hall–Kier alpha value is -2.78. The van der Waals surface area contributed by atoms with Gasteiger partial charge < -0.3 is 9.57 Å². The van der Waals surface area contributed by atoms with Crippen molar-refractivity contribution in [3.63, 3.8) is 0 Å². The summed E-state index contributed by atoms with van der Waals surface area (Å²) in [6.45, 7) is 2.08. The highest BCUT2D eigenvalue weighted by atomic mass is 32.1. The lowest BCUT2D eigenvalue weighted by molar-refractivity contribution is 0.0400. The Morgan fingerprint density at radius 2 is 2.20 bits per heavy atom. The van der Waals surface area contributed by atoms with Crippen LogP contribution in [-0.4, -0.2) is 29.9 Å². The van der Waals surface area contributed by atoms with Crippen molar-refractivity contribution >= 4 is 56.3 Å². The van der Waals surface area contributed by atoms with E-state index in [9.17, 15) is 9.59 Å². The number of nitrogens with one attached hydrogen (secondary N) is 1. The fourth-order valence-electron chi connectivity index (χ4n) is 1.92. The summed E-state index contributed by atoms with van der Waals surface area (Å²) in [5.74, 6) is -0.852.